The zero-order chi connectivity index (χ0) is 25.8. The zero-order valence-corrected chi connectivity index (χ0v) is 21.4. The summed E-state index contributed by atoms with van der Waals surface area (Å²) in [5.74, 6) is 1.44. The fourth-order valence-corrected chi connectivity index (χ4v) is 4.77. The quantitative estimate of drug-likeness (QED) is 0.312. The summed E-state index contributed by atoms with van der Waals surface area (Å²) >= 11 is 0. The summed E-state index contributed by atoms with van der Waals surface area (Å²) in [7, 11) is 0. The summed E-state index contributed by atoms with van der Waals surface area (Å²) in [6, 6.07) is 9.94. The van der Waals surface area contributed by atoms with E-state index in [1.165, 1.54) is 0 Å². The average Bonchev–Trinajstić information content (AvgIpc) is 3.68. The van der Waals surface area contributed by atoms with Crippen LogP contribution >= 0.6 is 0 Å². The molecule has 1 aromatic carbocycles. The molecule has 0 aliphatic heterocycles. The van der Waals surface area contributed by atoms with Gasteiger partial charge in [0, 0.05) is 42.0 Å². The van der Waals surface area contributed by atoms with E-state index in [1.807, 2.05) is 65.1 Å². The number of benzene rings is 1. The normalized spacial score (nSPS) is 11.3. The van der Waals surface area contributed by atoms with Gasteiger partial charge in [-0.1, -0.05) is 44.5 Å². The van der Waals surface area contributed by atoms with Crippen molar-refractivity contribution in [3.8, 4) is 28.3 Å². The minimum Gasteiger partial charge on any atom is -0.291 e. The summed E-state index contributed by atoms with van der Waals surface area (Å²) in [5, 5.41) is 19.0. The molecule has 5 rings (SSSR count). The summed E-state index contributed by atoms with van der Waals surface area (Å²) < 4.78 is 5.54. The Hall–Kier alpha value is -4.34. The molecule has 0 spiro atoms. The Morgan fingerprint density at radius 2 is 1.81 bits per heavy atom. The van der Waals surface area contributed by atoms with Gasteiger partial charge in [0.25, 0.3) is 0 Å². The van der Waals surface area contributed by atoms with Crippen molar-refractivity contribution in [3.05, 3.63) is 82.4 Å². The van der Waals surface area contributed by atoms with Gasteiger partial charge in [-0.05, 0) is 59.4 Å². The van der Waals surface area contributed by atoms with Crippen molar-refractivity contribution in [2.24, 2.45) is 0 Å². The van der Waals surface area contributed by atoms with Gasteiger partial charge in [0.15, 0.2) is 5.82 Å². The fraction of sp³-hybridized carbons (Fsp3) is 0.333. The Bertz CT molecular complexity index is 1520. The lowest BCUT2D eigenvalue weighted by molar-refractivity contribution is 0.623. The van der Waals surface area contributed by atoms with Crippen LogP contribution in [0.4, 0.5) is 0 Å². The summed E-state index contributed by atoms with van der Waals surface area (Å²) in [6.07, 6.45) is 11.1. The molecule has 5 aromatic rings. The Labute approximate surface area is 215 Å². The van der Waals surface area contributed by atoms with Crippen LogP contribution in [0, 0.1) is 0 Å². The van der Waals surface area contributed by atoms with Gasteiger partial charge < -0.3 is 0 Å². The van der Waals surface area contributed by atoms with Crippen LogP contribution < -0.4 is 5.69 Å². The summed E-state index contributed by atoms with van der Waals surface area (Å²) in [4.78, 5) is 18.3. The Morgan fingerprint density at radius 3 is 2.54 bits per heavy atom. The second-order valence-corrected chi connectivity index (χ2v) is 8.95. The predicted molar refractivity (Wildman–Crippen MR) is 141 cm³/mol. The lowest BCUT2D eigenvalue weighted by Gasteiger charge is -2.14. The van der Waals surface area contributed by atoms with Crippen LogP contribution in [0.2, 0.25) is 0 Å². The van der Waals surface area contributed by atoms with E-state index < -0.39 is 0 Å². The second kappa shape index (κ2) is 10.7. The van der Waals surface area contributed by atoms with Gasteiger partial charge in [-0.2, -0.15) is 5.10 Å². The zero-order valence-electron chi connectivity index (χ0n) is 21.4. The van der Waals surface area contributed by atoms with Gasteiger partial charge in [-0.15, -0.1) is 5.10 Å². The van der Waals surface area contributed by atoms with Crippen molar-refractivity contribution in [2.75, 3.05) is 0 Å². The molecule has 10 nitrogen and oxygen atoms in total. The number of aromatic nitrogens is 9. The number of aromatic amines is 1. The van der Waals surface area contributed by atoms with E-state index in [9.17, 15) is 4.79 Å². The molecule has 0 bridgehead atoms. The molecule has 0 saturated carbocycles. The van der Waals surface area contributed by atoms with Crippen molar-refractivity contribution in [2.45, 2.75) is 59.5 Å². The fourth-order valence-electron chi connectivity index (χ4n) is 4.77. The average molecular weight is 498 g/mol. The third-order valence-corrected chi connectivity index (χ3v) is 6.69. The molecule has 190 valence electrons. The van der Waals surface area contributed by atoms with E-state index >= 15 is 0 Å². The highest BCUT2D eigenvalue weighted by molar-refractivity contribution is 5.81. The Kier molecular flexibility index (Phi) is 7.07. The van der Waals surface area contributed by atoms with Crippen molar-refractivity contribution in [1.82, 2.24) is 44.5 Å². The maximum atomic E-state index is 13.9. The number of nitrogens with one attached hydrogen (secondary N) is 1. The third-order valence-electron chi connectivity index (χ3n) is 6.69. The molecule has 0 amide bonds. The van der Waals surface area contributed by atoms with Crippen molar-refractivity contribution >= 4 is 0 Å². The first kappa shape index (κ1) is 24.4. The van der Waals surface area contributed by atoms with Gasteiger partial charge in [0.1, 0.15) is 5.82 Å². The molecule has 4 aromatic heterocycles. The Morgan fingerprint density at radius 1 is 0.973 bits per heavy atom. The van der Waals surface area contributed by atoms with Gasteiger partial charge in [-0.25, -0.2) is 14.6 Å². The van der Waals surface area contributed by atoms with E-state index in [0.717, 1.165) is 65.0 Å². The van der Waals surface area contributed by atoms with E-state index in [1.54, 1.807) is 10.8 Å². The monoisotopic (exact) mass is 497 g/mol. The predicted octanol–water partition coefficient (Wildman–Crippen LogP) is 4.05. The molecule has 0 aliphatic carbocycles. The first-order valence-electron chi connectivity index (χ1n) is 12.8. The molecule has 0 radical (unpaired) electrons. The van der Waals surface area contributed by atoms with Crippen molar-refractivity contribution in [1.29, 1.82) is 0 Å². The summed E-state index contributed by atoms with van der Waals surface area (Å²) in [5.41, 5.74) is 5.77. The minimum absolute atomic E-state index is 0.0708. The van der Waals surface area contributed by atoms with E-state index in [0.29, 0.717) is 18.9 Å². The van der Waals surface area contributed by atoms with Crippen molar-refractivity contribution in [3.63, 3.8) is 0 Å². The molecule has 0 unspecified atom stereocenters. The number of unbranched alkanes of at least 4 members (excludes halogenated alkanes) is 1. The number of hydrogen-bond donors (Lipinski definition) is 1. The first-order chi connectivity index (χ1) is 18.2. The topological polar surface area (TPSA) is 112 Å². The number of imidazole rings is 1. The smallest absolute Gasteiger partial charge is 0.291 e. The van der Waals surface area contributed by atoms with Gasteiger partial charge in [-0.3, -0.25) is 14.1 Å². The van der Waals surface area contributed by atoms with Crippen LogP contribution in [0.3, 0.4) is 0 Å². The van der Waals surface area contributed by atoms with E-state index in [4.69, 9.17) is 0 Å². The summed E-state index contributed by atoms with van der Waals surface area (Å²) in [6.45, 7) is 7.38. The number of hydrogen-bond acceptors (Lipinski definition) is 6. The number of tetrazole rings is 1. The maximum absolute atomic E-state index is 13.9. The van der Waals surface area contributed by atoms with E-state index in [-0.39, 0.29) is 5.69 Å². The molecule has 1 N–H and O–H groups in total. The number of nitrogens with zero attached hydrogens (tertiary/aromatic N) is 8. The highest BCUT2D eigenvalue weighted by Gasteiger charge is 2.20. The molecular formula is C27H31N9O. The largest absolute Gasteiger partial charge is 0.334 e. The molecule has 37 heavy (non-hydrogen) atoms. The van der Waals surface area contributed by atoms with Crippen molar-refractivity contribution < 1.29 is 0 Å². The molecule has 0 aliphatic rings. The number of rotatable bonds is 10. The number of H-pyrrole nitrogens is 1. The van der Waals surface area contributed by atoms with Crippen LogP contribution in [0.1, 0.15) is 50.4 Å². The standard InChI is InChI=1S/C27H31N9O/c1-4-7-10-21-18-35(26-19(5-2)16-29-36(26)6-3)27(37)34(21)17-20-15-28-14-13-22(20)23-11-8-9-12-24(23)25-30-32-33-31-25/h8-9,11-16,18H,4-7,10,17H2,1-3H3,(H,30,31,32,33). The molecule has 0 fully saturated rings. The van der Waals surface area contributed by atoms with Gasteiger partial charge in [0.05, 0.1) is 12.7 Å². The van der Waals surface area contributed by atoms with Crippen LogP contribution in [-0.2, 0) is 25.9 Å². The third kappa shape index (κ3) is 4.62. The van der Waals surface area contributed by atoms with Crippen LogP contribution in [0.25, 0.3) is 28.3 Å². The Balaban J connectivity index is 1.63. The highest BCUT2D eigenvalue weighted by Crippen LogP contribution is 2.32. The van der Waals surface area contributed by atoms with Crippen LogP contribution in [0.15, 0.2) is 59.9 Å². The molecule has 10 heteroatoms. The SMILES string of the molecule is CCCCc1cn(-c2c(CC)cnn2CC)c(=O)n1Cc1cnccc1-c1ccccc1-c1nnn[nH]1. The molecule has 0 saturated heterocycles. The molecule has 4 heterocycles. The maximum Gasteiger partial charge on any atom is 0.334 e. The van der Waals surface area contributed by atoms with Gasteiger partial charge >= 0.3 is 5.69 Å². The van der Waals surface area contributed by atoms with Crippen LogP contribution in [0.5, 0.6) is 0 Å². The second-order valence-electron chi connectivity index (χ2n) is 8.95. The minimum atomic E-state index is -0.0708. The number of aryl methyl sites for hydroxylation is 3. The number of pyridine rings is 1. The van der Waals surface area contributed by atoms with E-state index in [2.05, 4.69) is 44.6 Å². The molecular weight excluding hydrogens is 466 g/mol. The molecule has 0 atom stereocenters. The van der Waals surface area contributed by atoms with Gasteiger partial charge in [0.2, 0.25) is 0 Å². The lowest BCUT2D eigenvalue weighted by Crippen LogP contribution is -2.27. The lowest BCUT2D eigenvalue weighted by atomic mass is 9.96. The van der Waals surface area contributed by atoms with Crippen LogP contribution in [-0.4, -0.2) is 44.5 Å². The first-order valence-corrected chi connectivity index (χ1v) is 12.8. The highest BCUT2D eigenvalue weighted by atomic mass is 16.1.